The lowest BCUT2D eigenvalue weighted by Crippen LogP contribution is -2.49. The van der Waals surface area contributed by atoms with Crippen LogP contribution in [-0.2, 0) is 4.79 Å². The maximum absolute atomic E-state index is 12.3. The van der Waals surface area contributed by atoms with Crippen molar-refractivity contribution in [1.29, 1.82) is 0 Å². The lowest BCUT2D eigenvalue weighted by Gasteiger charge is -2.28. The quantitative estimate of drug-likeness (QED) is 0.834. The topological polar surface area (TPSA) is 49.3 Å². The van der Waals surface area contributed by atoms with Crippen LogP contribution in [0.3, 0.4) is 0 Å². The molecular formula is C16H21Cl2NO2. The zero-order valence-electron chi connectivity index (χ0n) is 12.3. The number of hydrogen-bond acceptors (Lipinski definition) is 2. The molecule has 2 N–H and O–H groups in total. The molecule has 3 nitrogen and oxygen atoms in total. The highest BCUT2D eigenvalue weighted by Crippen LogP contribution is 2.50. The molecule has 0 unspecified atom stereocenters. The van der Waals surface area contributed by atoms with Crippen molar-refractivity contribution in [2.45, 2.75) is 44.6 Å². The predicted octanol–water partition coefficient (Wildman–Crippen LogP) is 3.76. The van der Waals surface area contributed by atoms with E-state index in [1.807, 2.05) is 26.0 Å². The zero-order valence-corrected chi connectivity index (χ0v) is 13.8. The van der Waals surface area contributed by atoms with Crippen LogP contribution in [0.1, 0.15) is 44.6 Å². The molecule has 116 valence electrons. The van der Waals surface area contributed by atoms with Gasteiger partial charge in [-0.2, -0.15) is 0 Å². The maximum atomic E-state index is 12.3. The number of nitrogens with one attached hydrogen (secondary N) is 1. The Hall–Kier alpha value is -0.770. The smallest absolute Gasteiger partial charge is 0.224 e. The molecule has 1 amide bonds. The minimum Gasteiger partial charge on any atom is -0.394 e. The largest absolute Gasteiger partial charge is 0.394 e. The molecule has 3 atom stereocenters. The van der Waals surface area contributed by atoms with E-state index in [0.29, 0.717) is 10.0 Å². The monoisotopic (exact) mass is 329 g/mol. The number of aliphatic hydroxyl groups excluding tert-OH is 1. The number of carbonyl (C=O) groups excluding carboxylic acids is 1. The van der Waals surface area contributed by atoms with E-state index in [9.17, 15) is 9.90 Å². The van der Waals surface area contributed by atoms with Gasteiger partial charge < -0.3 is 10.4 Å². The van der Waals surface area contributed by atoms with Gasteiger partial charge in [0.2, 0.25) is 5.91 Å². The Bertz CT molecular complexity index is 535. The molecule has 1 aliphatic rings. The van der Waals surface area contributed by atoms with Gasteiger partial charge in [-0.15, -0.1) is 0 Å². The lowest BCUT2D eigenvalue weighted by atomic mass is 9.96. The van der Waals surface area contributed by atoms with Crippen LogP contribution in [0.5, 0.6) is 0 Å². The van der Waals surface area contributed by atoms with Crippen molar-refractivity contribution in [2.24, 2.45) is 5.92 Å². The molecule has 0 aliphatic heterocycles. The molecule has 1 saturated carbocycles. The van der Waals surface area contributed by atoms with Gasteiger partial charge >= 0.3 is 0 Å². The Morgan fingerprint density at radius 1 is 1.48 bits per heavy atom. The second-order valence-electron chi connectivity index (χ2n) is 6.05. The van der Waals surface area contributed by atoms with E-state index >= 15 is 0 Å². The van der Waals surface area contributed by atoms with Crippen molar-refractivity contribution in [1.82, 2.24) is 5.32 Å². The van der Waals surface area contributed by atoms with Gasteiger partial charge in [-0.1, -0.05) is 48.7 Å². The molecule has 0 aromatic heterocycles. The number of hydrogen-bond donors (Lipinski definition) is 2. The zero-order chi connectivity index (χ0) is 15.6. The van der Waals surface area contributed by atoms with E-state index in [1.54, 1.807) is 6.07 Å². The first-order valence-corrected chi connectivity index (χ1v) is 8.04. The summed E-state index contributed by atoms with van der Waals surface area (Å²) in [6.07, 6.45) is 2.44. The number of aliphatic hydroxyl groups is 1. The van der Waals surface area contributed by atoms with Gasteiger partial charge in [-0.05, 0) is 37.3 Å². The molecule has 0 heterocycles. The minimum absolute atomic E-state index is 0.0129. The average molecular weight is 330 g/mol. The maximum Gasteiger partial charge on any atom is 0.224 e. The van der Waals surface area contributed by atoms with Gasteiger partial charge in [-0.25, -0.2) is 0 Å². The first-order valence-electron chi connectivity index (χ1n) is 7.28. The summed E-state index contributed by atoms with van der Waals surface area (Å²) >= 11 is 12.2. The van der Waals surface area contributed by atoms with Crippen LogP contribution in [0.2, 0.25) is 10.0 Å². The fraction of sp³-hybridized carbons (Fsp3) is 0.562. The molecule has 21 heavy (non-hydrogen) atoms. The summed E-state index contributed by atoms with van der Waals surface area (Å²) in [4.78, 5) is 12.3. The van der Waals surface area contributed by atoms with Crippen LogP contribution >= 0.6 is 23.2 Å². The highest BCUT2D eigenvalue weighted by atomic mass is 35.5. The summed E-state index contributed by atoms with van der Waals surface area (Å²) in [6.45, 7) is 3.85. The molecule has 0 radical (unpaired) electrons. The number of halogens is 2. The van der Waals surface area contributed by atoms with Crippen LogP contribution in [0.4, 0.5) is 0 Å². The predicted molar refractivity (Wildman–Crippen MR) is 85.9 cm³/mol. The van der Waals surface area contributed by atoms with Crippen molar-refractivity contribution < 1.29 is 9.90 Å². The minimum atomic E-state index is -0.545. The number of benzene rings is 1. The van der Waals surface area contributed by atoms with Crippen molar-refractivity contribution in [3.05, 3.63) is 33.8 Å². The van der Waals surface area contributed by atoms with Crippen LogP contribution in [-0.4, -0.2) is 23.2 Å². The van der Waals surface area contributed by atoms with Crippen LogP contribution < -0.4 is 5.32 Å². The number of carbonyl (C=O) groups is 1. The van der Waals surface area contributed by atoms with Gasteiger partial charge in [0.05, 0.1) is 22.2 Å². The fourth-order valence-corrected chi connectivity index (χ4v) is 3.21. The first-order chi connectivity index (χ1) is 9.91. The molecule has 0 bridgehead atoms. The van der Waals surface area contributed by atoms with Gasteiger partial charge in [-0.3, -0.25) is 4.79 Å². The molecule has 1 aromatic carbocycles. The van der Waals surface area contributed by atoms with E-state index in [-0.39, 0.29) is 24.3 Å². The third-order valence-electron chi connectivity index (χ3n) is 4.08. The van der Waals surface area contributed by atoms with Crippen molar-refractivity contribution in [2.75, 3.05) is 6.61 Å². The van der Waals surface area contributed by atoms with E-state index in [2.05, 4.69) is 5.32 Å². The normalized spacial score (nSPS) is 23.5. The van der Waals surface area contributed by atoms with Crippen molar-refractivity contribution in [3.63, 3.8) is 0 Å². The first kappa shape index (κ1) is 16.6. The van der Waals surface area contributed by atoms with Crippen LogP contribution in [0, 0.1) is 5.92 Å². The Morgan fingerprint density at radius 3 is 2.81 bits per heavy atom. The molecule has 2 rings (SSSR count). The summed E-state index contributed by atoms with van der Waals surface area (Å²) in [7, 11) is 0. The van der Waals surface area contributed by atoms with Crippen molar-refractivity contribution in [3.8, 4) is 0 Å². The second kappa shape index (κ2) is 6.55. The summed E-state index contributed by atoms with van der Waals surface area (Å²) in [5.74, 6) is 0.0329. The van der Waals surface area contributed by atoms with Crippen LogP contribution in [0.15, 0.2) is 18.2 Å². The molecule has 1 fully saturated rings. The van der Waals surface area contributed by atoms with E-state index in [1.165, 1.54) is 0 Å². The summed E-state index contributed by atoms with van der Waals surface area (Å²) in [6, 6.07) is 5.52. The number of amides is 1. The van der Waals surface area contributed by atoms with Gasteiger partial charge in [0.15, 0.2) is 0 Å². The average Bonchev–Trinajstić information content (AvgIpc) is 3.22. The highest BCUT2D eigenvalue weighted by molar-refractivity contribution is 6.42. The third kappa shape index (κ3) is 3.71. The Labute approximate surface area is 135 Å². The van der Waals surface area contributed by atoms with Gasteiger partial charge in [0.25, 0.3) is 0 Å². The molecule has 0 saturated heterocycles. The molecule has 0 spiro atoms. The SMILES string of the molecule is CCC[C@](C)(CO)NC(=O)[C@H]1C[C@@H]1c1cccc(Cl)c1Cl. The van der Waals surface area contributed by atoms with Gasteiger partial charge in [0.1, 0.15) is 0 Å². The third-order valence-corrected chi connectivity index (χ3v) is 4.92. The highest BCUT2D eigenvalue weighted by Gasteiger charge is 2.46. The Balaban J connectivity index is 2.03. The fourth-order valence-electron chi connectivity index (χ4n) is 2.76. The van der Waals surface area contributed by atoms with Gasteiger partial charge in [0, 0.05) is 5.92 Å². The second-order valence-corrected chi connectivity index (χ2v) is 6.83. The van der Waals surface area contributed by atoms with Crippen LogP contribution in [0.25, 0.3) is 0 Å². The Morgan fingerprint density at radius 2 is 2.19 bits per heavy atom. The lowest BCUT2D eigenvalue weighted by molar-refractivity contribution is -0.124. The Kier molecular flexibility index (Phi) is 5.18. The van der Waals surface area contributed by atoms with E-state index in [4.69, 9.17) is 23.2 Å². The molecule has 5 heteroatoms. The van der Waals surface area contributed by atoms with Crippen molar-refractivity contribution >= 4 is 29.1 Å². The molecular weight excluding hydrogens is 309 g/mol. The number of rotatable bonds is 6. The molecule has 1 aliphatic carbocycles. The van der Waals surface area contributed by atoms with E-state index < -0.39 is 5.54 Å². The molecule has 1 aromatic rings. The van der Waals surface area contributed by atoms with E-state index in [0.717, 1.165) is 24.8 Å². The summed E-state index contributed by atoms with van der Waals surface area (Å²) in [5, 5.41) is 13.5. The summed E-state index contributed by atoms with van der Waals surface area (Å²) in [5.41, 5.74) is 0.391. The summed E-state index contributed by atoms with van der Waals surface area (Å²) < 4.78 is 0. The standard InChI is InChI=1S/C16H21Cl2NO2/c1-3-7-16(2,9-20)19-15(21)12-8-11(12)10-5-4-6-13(17)14(10)18/h4-6,11-12,20H,3,7-9H2,1-2H3,(H,19,21)/t11-,12+,16-/m1/s1.